The van der Waals surface area contributed by atoms with Gasteiger partial charge in [0.25, 0.3) is 0 Å². The molecule has 7 nitrogen and oxygen atoms in total. The highest BCUT2D eigenvalue weighted by Crippen LogP contribution is 2.34. The number of aromatic nitrogens is 4. The number of benzene rings is 2. The van der Waals surface area contributed by atoms with Gasteiger partial charge in [-0.05, 0) is 56.7 Å². The number of methoxy groups -OCH3 is 1. The lowest BCUT2D eigenvalue weighted by Crippen LogP contribution is -2.09. The van der Waals surface area contributed by atoms with E-state index in [-0.39, 0.29) is 17.4 Å². The topological polar surface area (TPSA) is 96.7 Å². The van der Waals surface area contributed by atoms with Crippen LogP contribution < -0.4 is 9.47 Å². The Morgan fingerprint density at radius 1 is 1.19 bits per heavy atom. The minimum atomic E-state index is -0.620. The summed E-state index contributed by atoms with van der Waals surface area (Å²) in [4.78, 5) is 0. The lowest BCUT2D eigenvalue weighted by molar-refractivity contribution is 0.225. The summed E-state index contributed by atoms with van der Waals surface area (Å²) < 4.78 is 25.6. The molecule has 4 aromatic rings. The Kier molecular flexibility index (Phi) is 5.26. The van der Waals surface area contributed by atoms with Crippen molar-refractivity contribution in [2.45, 2.75) is 26.9 Å². The summed E-state index contributed by atoms with van der Waals surface area (Å²) in [5.74, 6) is -0.0711. The molecule has 0 bridgehead atoms. The number of hydrogen-bond acceptors (Lipinski definition) is 6. The van der Waals surface area contributed by atoms with Gasteiger partial charge in [0, 0.05) is 16.5 Å². The van der Waals surface area contributed by atoms with Gasteiger partial charge in [-0.15, -0.1) is 0 Å². The predicted octanol–water partition coefficient (Wildman–Crippen LogP) is 4.80. The van der Waals surface area contributed by atoms with E-state index in [2.05, 4.69) is 20.4 Å². The van der Waals surface area contributed by atoms with Crippen LogP contribution >= 0.6 is 0 Å². The molecule has 0 aliphatic heterocycles. The highest BCUT2D eigenvalue weighted by molar-refractivity contribution is 5.94. The summed E-state index contributed by atoms with van der Waals surface area (Å²) in [6.07, 6.45) is 1.47. The van der Waals surface area contributed by atoms with Crippen LogP contribution in [0.2, 0.25) is 0 Å². The zero-order chi connectivity index (χ0) is 22.1. The average molecular weight is 417 g/mol. The first-order valence-corrected chi connectivity index (χ1v) is 9.64. The van der Waals surface area contributed by atoms with Gasteiger partial charge < -0.3 is 9.47 Å². The van der Waals surface area contributed by atoms with Crippen LogP contribution in [-0.2, 0) is 0 Å². The standard InChI is InChI=1S/C23H20FN5O2/c1-12-11-26-27-13(2)21(12)14(3)31-17-5-6-20-18(9-17)22(29-28-20)15-7-16(10-25)23(30-4)19(24)8-15/h5-9,11,14H,1-4H3,(H,28,29)/t14-/m1/s1. The number of ether oxygens (including phenoxy) is 2. The van der Waals surface area contributed by atoms with Crippen LogP contribution in [0.4, 0.5) is 4.39 Å². The van der Waals surface area contributed by atoms with E-state index in [1.54, 1.807) is 12.3 Å². The van der Waals surface area contributed by atoms with Crippen molar-refractivity contribution < 1.29 is 13.9 Å². The van der Waals surface area contributed by atoms with E-state index in [0.29, 0.717) is 17.0 Å². The number of halogens is 1. The van der Waals surface area contributed by atoms with Crippen LogP contribution in [0.1, 0.15) is 35.4 Å². The molecule has 2 heterocycles. The third-order valence-corrected chi connectivity index (χ3v) is 5.17. The van der Waals surface area contributed by atoms with Crippen LogP contribution in [0.3, 0.4) is 0 Å². The number of hydrogen-bond donors (Lipinski definition) is 1. The number of aryl methyl sites for hydroxylation is 2. The molecule has 1 N–H and O–H groups in total. The molecular weight excluding hydrogens is 397 g/mol. The normalized spacial score (nSPS) is 11.9. The summed E-state index contributed by atoms with van der Waals surface area (Å²) in [5, 5.41) is 25.5. The van der Waals surface area contributed by atoms with E-state index >= 15 is 0 Å². The first kappa shape index (κ1) is 20.3. The first-order valence-electron chi connectivity index (χ1n) is 9.64. The molecule has 0 aliphatic rings. The van der Waals surface area contributed by atoms with Crippen molar-refractivity contribution >= 4 is 10.9 Å². The summed E-state index contributed by atoms with van der Waals surface area (Å²) >= 11 is 0. The number of nitriles is 1. The lowest BCUT2D eigenvalue weighted by atomic mass is 10.0. The van der Waals surface area contributed by atoms with Gasteiger partial charge in [-0.25, -0.2) is 4.39 Å². The van der Waals surface area contributed by atoms with Crippen LogP contribution in [0.25, 0.3) is 22.2 Å². The van der Waals surface area contributed by atoms with Gasteiger partial charge in [0.15, 0.2) is 11.6 Å². The summed E-state index contributed by atoms with van der Waals surface area (Å²) in [5.41, 5.74) is 4.66. The molecule has 0 saturated carbocycles. The molecule has 0 amide bonds. The maximum Gasteiger partial charge on any atom is 0.172 e. The van der Waals surface area contributed by atoms with Crippen molar-refractivity contribution in [1.29, 1.82) is 5.26 Å². The lowest BCUT2D eigenvalue weighted by Gasteiger charge is -2.18. The Labute approximate surface area is 178 Å². The summed E-state index contributed by atoms with van der Waals surface area (Å²) in [6, 6.07) is 10.4. The molecule has 156 valence electrons. The second-order valence-electron chi connectivity index (χ2n) is 7.22. The maximum absolute atomic E-state index is 14.5. The van der Waals surface area contributed by atoms with E-state index in [9.17, 15) is 9.65 Å². The van der Waals surface area contributed by atoms with E-state index < -0.39 is 5.82 Å². The van der Waals surface area contributed by atoms with Gasteiger partial charge in [-0.3, -0.25) is 5.10 Å². The molecule has 0 fully saturated rings. The number of rotatable bonds is 5. The van der Waals surface area contributed by atoms with Crippen LogP contribution in [0.5, 0.6) is 11.5 Å². The summed E-state index contributed by atoms with van der Waals surface area (Å²) in [6.45, 7) is 5.83. The monoisotopic (exact) mass is 417 g/mol. The Morgan fingerprint density at radius 2 is 2.00 bits per heavy atom. The molecule has 4 rings (SSSR count). The Hall–Kier alpha value is -3.99. The zero-order valence-electron chi connectivity index (χ0n) is 17.5. The maximum atomic E-state index is 14.5. The van der Waals surface area contributed by atoms with Gasteiger partial charge >= 0.3 is 0 Å². The van der Waals surface area contributed by atoms with Crippen molar-refractivity contribution in [3.8, 4) is 28.8 Å². The highest BCUT2D eigenvalue weighted by Gasteiger charge is 2.18. The van der Waals surface area contributed by atoms with Crippen molar-refractivity contribution in [2.75, 3.05) is 7.11 Å². The molecule has 0 saturated heterocycles. The highest BCUT2D eigenvalue weighted by atomic mass is 19.1. The molecule has 0 unspecified atom stereocenters. The van der Waals surface area contributed by atoms with Gasteiger partial charge in [-0.1, -0.05) is 0 Å². The molecule has 31 heavy (non-hydrogen) atoms. The number of fused-ring (bicyclic) bond motifs is 1. The molecule has 8 heteroatoms. The largest absolute Gasteiger partial charge is 0.492 e. The molecule has 0 radical (unpaired) electrons. The number of nitrogens with zero attached hydrogens (tertiary/aromatic N) is 4. The van der Waals surface area contributed by atoms with Crippen molar-refractivity contribution in [2.24, 2.45) is 0 Å². The van der Waals surface area contributed by atoms with E-state index in [0.717, 1.165) is 27.7 Å². The second-order valence-corrected chi connectivity index (χ2v) is 7.22. The van der Waals surface area contributed by atoms with Gasteiger partial charge in [0.05, 0.1) is 30.1 Å². The quantitative estimate of drug-likeness (QED) is 0.501. The van der Waals surface area contributed by atoms with Crippen LogP contribution in [0, 0.1) is 31.0 Å². The minimum absolute atomic E-state index is 0.0827. The molecule has 0 spiro atoms. The Morgan fingerprint density at radius 3 is 2.71 bits per heavy atom. The third-order valence-electron chi connectivity index (χ3n) is 5.17. The van der Waals surface area contributed by atoms with Gasteiger partial charge in [0.2, 0.25) is 0 Å². The Balaban J connectivity index is 1.74. The van der Waals surface area contributed by atoms with Crippen molar-refractivity contribution in [3.05, 3.63) is 64.7 Å². The van der Waals surface area contributed by atoms with Gasteiger partial charge in [0.1, 0.15) is 23.6 Å². The molecular formula is C23H20FN5O2. The van der Waals surface area contributed by atoms with Crippen LogP contribution in [0.15, 0.2) is 36.5 Å². The van der Waals surface area contributed by atoms with E-state index in [4.69, 9.17) is 9.47 Å². The van der Waals surface area contributed by atoms with E-state index in [1.807, 2.05) is 45.0 Å². The smallest absolute Gasteiger partial charge is 0.172 e. The fraction of sp³-hybridized carbons (Fsp3) is 0.217. The number of aromatic amines is 1. The third kappa shape index (κ3) is 3.66. The molecule has 2 aromatic heterocycles. The molecule has 2 aromatic carbocycles. The van der Waals surface area contributed by atoms with E-state index in [1.165, 1.54) is 13.2 Å². The minimum Gasteiger partial charge on any atom is -0.492 e. The fourth-order valence-electron chi connectivity index (χ4n) is 3.80. The Bertz CT molecular complexity index is 1310. The van der Waals surface area contributed by atoms with Crippen molar-refractivity contribution in [1.82, 2.24) is 20.4 Å². The fourth-order valence-corrected chi connectivity index (χ4v) is 3.80. The van der Waals surface area contributed by atoms with Crippen LogP contribution in [-0.4, -0.2) is 27.5 Å². The molecule has 0 aliphatic carbocycles. The number of nitrogens with one attached hydrogen (secondary N) is 1. The molecule has 1 atom stereocenters. The average Bonchev–Trinajstić information content (AvgIpc) is 3.16. The van der Waals surface area contributed by atoms with Gasteiger partial charge in [-0.2, -0.15) is 20.6 Å². The second kappa shape index (κ2) is 8.03. The zero-order valence-corrected chi connectivity index (χ0v) is 17.5. The summed E-state index contributed by atoms with van der Waals surface area (Å²) in [7, 11) is 1.33. The predicted molar refractivity (Wildman–Crippen MR) is 113 cm³/mol. The first-order chi connectivity index (χ1) is 14.9. The van der Waals surface area contributed by atoms with Crippen molar-refractivity contribution in [3.63, 3.8) is 0 Å². The SMILES string of the molecule is COc1c(F)cc(-c2n[nH]c3ccc(O[C@H](C)c4c(C)cnnc4C)cc23)cc1C#N. The number of H-pyrrole nitrogens is 1.